The van der Waals surface area contributed by atoms with Crippen LogP contribution in [0.4, 0.5) is 9.93 Å². The number of amides is 2. The Morgan fingerprint density at radius 2 is 1.86 bits per heavy atom. The maximum absolute atomic E-state index is 13.0. The molecule has 1 heterocycles. The van der Waals surface area contributed by atoms with Crippen molar-refractivity contribution in [2.75, 3.05) is 18.5 Å². The lowest BCUT2D eigenvalue weighted by atomic mass is 9.85. The number of carbonyl (C=O) groups is 3. The summed E-state index contributed by atoms with van der Waals surface area (Å²) >= 11 is 1.10. The van der Waals surface area contributed by atoms with E-state index in [0.29, 0.717) is 28.5 Å². The van der Waals surface area contributed by atoms with Crippen molar-refractivity contribution in [2.45, 2.75) is 65.9 Å². The molecule has 1 saturated carbocycles. The van der Waals surface area contributed by atoms with Gasteiger partial charge in [-0.3, -0.25) is 4.79 Å². The van der Waals surface area contributed by atoms with E-state index in [4.69, 9.17) is 9.47 Å². The smallest absolute Gasteiger partial charge is 0.407 e. The molecule has 2 rings (SSSR count). The van der Waals surface area contributed by atoms with Crippen LogP contribution in [0.15, 0.2) is 0 Å². The molecule has 1 aromatic heterocycles. The first-order valence-corrected chi connectivity index (χ1v) is 10.3. The van der Waals surface area contributed by atoms with E-state index in [-0.39, 0.29) is 19.1 Å². The number of thiazole rings is 1. The Hall–Kier alpha value is -2.16. The van der Waals surface area contributed by atoms with Gasteiger partial charge in [-0.05, 0) is 47.5 Å². The third kappa shape index (κ3) is 5.67. The minimum Gasteiger partial charge on any atom is -0.462 e. The minimum absolute atomic E-state index is 0.197. The number of anilines is 1. The predicted octanol–water partition coefficient (Wildman–Crippen LogP) is 3.65. The summed E-state index contributed by atoms with van der Waals surface area (Å²) in [5, 5.41) is 5.91. The molecule has 9 heteroatoms. The fourth-order valence-electron chi connectivity index (χ4n) is 3.16. The van der Waals surface area contributed by atoms with E-state index in [1.54, 1.807) is 34.6 Å². The Bertz CT molecular complexity index is 732. The highest BCUT2D eigenvalue weighted by molar-refractivity contribution is 7.17. The highest BCUT2D eigenvalue weighted by atomic mass is 32.1. The summed E-state index contributed by atoms with van der Waals surface area (Å²) in [5.74, 6) is -0.648. The Morgan fingerprint density at radius 3 is 2.43 bits per heavy atom. The Kier molecular flexibility index (Phi) is 7.03. The van der Waals surface area contributed by atoms with Crippen molar-refractivity contribution in [3.8, 4) is 0 Å². The van der Waals surface area contributed by atoms with Gasteiger partial charge in [0.2, 0.25) is 5.91 Å². The zero-order chi connectivity index (χ0) is 20.9. The third-order valence-corrected chi connectivity index (χ3v) is 5.54. The van der Waals surface area contributed by atoms with Gasteiger partial charge in [0, 0.05) is 6.54 Å². The molecule has 28 heavy (non-hydrogen) atoms. The zero-order valence-electron chi connectivity index (χ0n) is 17.1. The van der Waals surface area contributed by atoms with Crippen LogP contribution in [0, 0.1) is 12.3 Å². The maximum Gasteiger partial charge on any atom is 0.407 e. The van der Waals surface area contributed by atoms with E-state index in [2.05, 4.69) is 15.6 Å². The standard InChI is InChI=1S/C19H29N3O5S/c1-6-26-14(23)13-12(2)21-16(28-13)22-15(24)19(9-7-8-10-19)11-20-17(25)27-18(3,4)5/h6-11H2,1-5H3,(H,20,25)(H,21,22,24). The van der Waals surface area contributed by atoms with Gasteiger partial charge in [0.1, 0.15) is 10.5 Å². The molecule has 2 N–H and O–H groups in total. The summed E-state index contributed by atoms with van der Waals surface area (Å²) in [6, 6.07) is 0. The third-order valence-electron chi connectivity index (χ3n) is 4.49. The van der Waals surface area contributed by atoms with Crippen molar-refractivity contribution >= 4 is 34.4 Å². The van der Waals surface area contributed by atoms with Crippen molar-refractivity contribution in [3.63, 3.8) is 0 Å². The number of rotatable bonds is 6. The first-order valence-electron chi connectivity index (χ1n) is 9.49. The fraction of sp³-hybridized carbons (Fsp3) is 0.684. The van der Waals surface area contributed by atoms with Crippen molar-refractivity contribution in [2.24, 2.45) is 5.41 Å². The normalized spacial score (nSPS) is 15.8. The number of nitrogens with one attached hydrogen (secondary N) is 2. The van der Waals surface area contributed by atoms with Crippen LogP contribution in [0.25, 0.3) is 0 Å². The summed E-state index contributed by atoms with van der Waals surface area (Å²) in [5.41, 5.74) is -0.788. The number of alkyl carbamates (subject to hydrolysis) is 1. The summed E-state index contributed by atoms with van der Waals surface area (Å²) in [6.07, 6.45) is 2.62. The number of aryl methyl sites for hydroxylation is 1. The van der Waals surface area contributed by atoms with Crippen LogP contribution >= 0.6 is 11.3 Å². The molecular formula is C19H29N3O5S. The van der Waals surface area contributed by atoms with E-state index in [1.807, 2.05) is 0 Å². The van der Waals surface area contributed by atoms with Crippen LogP contribution in [-0.4, -0.2) is 41.7 Å². The Morgan fingerprint density at radius 1 is 1.21 bits per heavy atom. The maximum atomic E-state index is 13.0. The van der Waals surface area contributed by atoms with Crippen molar-refractivity contribution < 1.29 is 23.9 Å². The van der Waals surface area contributed by atoms with Gasteiger partial charge in [-0.25, -0.2) is 14.6 Å². The molecule has 1 aliphatic rings. The number of aromatic nitrogens is 1. The first-order chi connectivity index (χ1) is 13.1. The molecule has 0 atom stereocenters. The molecule has 0 aromatic carbocycles. The van der Waals surface area contributed by atoms with E-state index in [1.165, 1.54) is 0 Å². The zero-order valence-corrected chi connectivity index (χ0v) is 18.0. The number of esters is 1. The average Bonchev–Trinajstić information content (AvgIpc) is 3.19. The highest BCUT2D eigenvalue weighted by Crippen LogP contribution is 2.39. The molecule has 0 radical (unpaired) electrons. The second kappa shape index (κ2) is 8.89. The fourth-order valence-corrected chi connectivity index (χ4v) is 4.01. The molecule has 1 fully saturated rings. The van der Waals surface area contributed by atoms with E-state index in [0.717, 1.165) is 24.2 Å². The van der Waals surface area contributed by atoms with Crippen LogP contribution in [0.5, 0.6) is 0 Å². The van der Waals surface area contributed by atoms with Crippen LogP contribution in [-0.2, 0) is 14.3 Å². The predicted molar refractivity (Wildman–Crippen MR) is 107 cm³/mol. The molecule has 1 aromatic rings. The van der Waals surface area contributed by atoms with Gasteiger partial charge >= 0.3 is 12.1 Å². The molecular weight excluding hydrogens is 382 g/mol. The van der Waals surface area contributed by atoms with Gasteiger partial charge in [-0.2, -0.15) is 0 Å². The summed E-state index contributed by atoms with van der Waals surface area (Å²) in [7, 11) is 0. The van der Waals surface area contributed by atoms with Gasteiger partial charge in [0.25, 0.3) is 0 Å². The lowest BCUT2D eigenvalue weighted by Gasteiger charge is -2.28. The number of hydrogen-bond donors (Lipinski definition) is 2. The van der Waals surface area contributed by atoms with Crippen LogP contribution in [0.1, 0.15) is 68.7 Å². The summed E-state index contributed by atoms with van der Waals surface area (Å²) in [4.78, 5) is 41.6. The summed E-state index contributed by atoms with van der Waals surface area (Å²) in [6.45, 7) is 9.27. The highest BCUT2D eigenvalue weighted by Gasteiger charge is 2.42. The molecule has 1 aliphatic carbocycles. The average molecular weight is 412 g/mol. The van der Waals surface area contributed by atoms with Crippen LogP contribution in [0.2, 0.25) is 0 Å². The number of carbonyl (C=O) groups excluding carboxylic acids is 3. The van der Waals surface area contributed by atoms with Gasteiger partial charge in [0.05, 0.1) is 17.7 Å². The largest absolute Gasteiger partial charge is 0.462 e. The van der Waals surface area contributed by atoms with Gasteiger partial charge in [0.15, 0.2) is 5.13 Å². The molecule has 0 aliphatic heterocycles. The molecule has 8 nitrogen and oxygen atoms in total. The Labute approximate surface area is 169 Å². The van der Waals surface area contributed by atoms with E-state index < -0.39 is 23.1 Å². The molecule has 0 unspecified atom stereocenters. The molecule has 2 amide bonds. The van der Waals surface area contributed by atoms with Gasteiger partial charge in [-0.15, -0.1) is 0 Å². The number of hydrogen-bond acceptors (Lipinski definition) is 7. The second-order valence-electron chi connectivity index (χ2n) is 7.95. The quantitative estimate of drug-likeness (QED) is 0.692. The summed E-state index contributed by atoms with van der Waals surface area (Å²) < 4.78 is 10.3. The minimum atomic E-state index is -0.708. The van der Waals surface area contributed by atoms with E-state index in [9.17, 15) is 14.4 Å². The molecule has 0 saturated heterocycles. The van der Waals surface area contributed by atoms with Crippen molar-refractivity contribution in [3.05, 3.63) is 10.6 Å². The SMILES string of the molecule is CCOC(=O)c1sc(NC(=O)C2(CNC(=O)OC(C)(C)C)CCCC2)nc1C. The monoisotopic (exact) mass is 411 g/mol. The number of ether oxygens (including phenoxy) is 2. The van der Waals surface area contributed by atoms with Crippen molar-refractivity contribution in [1.82, 2.24) is 10.3 Å². The van der Waals surface area contributed by atoms with Gasteiger partial charge in [-0.1, -0.05) is 24.2 Å². The topological polar surface area (TPSA) is 107 Å². The van der Waals surface area contributed by atoms with E-state index >= 15 is 0 Å². The Balaban J connectivity index is 2.06. The first kappa shape index (κ1) is 22.1. The van der Waals surface area contributed by atoms with Gasteiger partial charge < -0.3 is 20.1 Å². The molecule has 0 spiro atoms. The number of nitrogens with zero attached hydrogens (tertiary/aromatic N) is 1. The molecule has 0 bridgehead atoms. The lowest BCUT2D eigenvalue weighted by molar-refractivity contribution is -0.125. The second-order valence-corrected chi connectivity index (χ2v) is 8.95. The van der Waals surface area contributed by atoms with Crippen LogP contribution < -0.4 is 10.6 Å². The van der Waals surface area contributed by atoms with Crippen LogP contribution in [0.3, 0.4) is 0 Å². The molecule has 156 valence electrons. The lowest BCUT2D eigenvalue weighted by Crippen LogP contribution is -2.45. The van der Waals surface area contributed by atoms with Crippen molar-refractivity contribution in [1.29, 1.82) is 0 Å².